The highest BCUT2D eigenvalue weighted by Crippen LogP contribution is 2.30. The Hall–Kier alpha value is -2.36. The summed E-state index contributed by atoms with van der Waals surface area (Å²) in [6.45, 7) is 6.63. The molecule has 2 rings (SSSR count). The molecule has 2 aromatic carbocycles. The minimum atomic E-state index is -0.326. The van der Waals surface area contributed by atoms with Gasteiger partial charge >= 0.3 is 0 Å². The Morgan fingerprint density at radius 1 is 1.10 bits per heavy atom. The van der Waals surface area contributed by atoms with E-state index < -0.39 is 0 Å². The zero-order valence-electron chi connectivity index (χ0n) is 12.6. The van der Waals surface area contributed by atoms with Gasteiger partial charge in [-0.2, -0.15) is 0 Å². The summed E-state index contributed by atoms with van der Waals surface area (Å²) in [7, 11) is 0. The third-order valence-corrected chi connectivity index (χ3v) is 3.70. The van der Waals surface area contributed by atoms with E-state index in [4.69, 9.17) is 0 Å². The predicted octanol–water partition coefficient (Wildman–Crippen LogP) is 4.29. The number of nitrogens with zero attached hydrogens (tertiary/aromatic N) is 1. The molecule has 4 heteroatoms. The Bertz CT molecular complexity index is 636. The predicted molar refractivity (Wildman–Crippen MR) is 85.8 cm³/mol. The van der Waals surface area contributed by atoms with Crippen LogP contribution in [0.15, 0.2) is 48.5 Å². The molecule has 1 N–H and O–H groups in total. The SMILES string of the molecule is Cc1cccc(NCC(C)(C)c2ccccc2)c1[N+](=O)[O-]. The number of nitro benzene ring substituents is 1. The van der Waals surface area contributed by atoms with E-state index in [1.807, 2.05) is 24.3 Å². The van der Waals surface area contributed by atoms with Crippen molar-refractivity contribution in [3.05, 3.63) is 69.8 Å². The van der Waals surface area contributed by atoms with Crippen molar-refractivity contribution < 1.29 is 4.92 Å². The van der Waals surface area contributed by atoms with E-state index >= 15 is 0 Å². The van der Waals surface area contributed by atoms with Crippen molar-refractivity contribution in [2.45, 2.75) is 26.2 Å². The van der Waals surface area contributed by atoms with Crippen LogP contribution in [0, 0.1) is 17.0 Å². The topological polar surface area (TPSA) is 55.2 Å². The highest BCUT2D eigenvalue weighted by Gasteiger charge is 2.23. The number of para-hydroxylation sites is 1. The van der Waals surface area contributed by atoms with Crippen molar-refractivity contribution in [2.24, 2.45) is 0 Å². The molecule has 110 valence electrons. The summed E-state index contributed by atoms with van der Waals surface area (Å²) >= 11 is 0. The molecule has 0 spiro atoms. The zero-order valence-corrected chi connectivity index (χ0v) is 12.6. The van der Waals surface area contributed by atoms with Crippen LogP contribution in [0.1, 0.15) is 25.0 Å². The van der Waals surface area contributed by atoms with E-state index in [0.29, 0.717) is 17.8 Å². The molecule has 0 atom stereocenters. The fourth-order valence-corrected chi connectivity index (χ4v) is 2.35. The van der Waals surface area contributed by atoms with Gasteiger partial charge < -0.3 is 5.32 Å². The minimum Gasteiger partial charge on any atom is -0.379 e. The van der Waals surface area contributed by atoms with Gasteiger partial charge in [0.05, 0.1) is 4.92 Å². The molecule has 2 aromatic rings. The van der Waals surface area contributed by atoms with E-state index in [2.05, 4.69) is 31.3 Å². The van der Waals surface area contributed by atoms with E-state index in [9.17, 15) is 10.1 Å². The Kier molecular flexibility index (Phi) is 4.26. The van der Waals surface area contributed by atoms with Crippen LogP contribution < -0.4 is 5.32 Å². The lowest BCUT2D eigenvalue weighted by Crippen LogP contribution is -2.27. The molecule has 0 saturated heterocycles. The first kappa shape index (κ1) is 15.0. The Morgan fingerprint density at radius 3 is 2.38 bits per heavy atom. The first-order chi connectivity index (χ1) is 9.92. The lowest BCUT2D eigenvalue weighted by atomic mass is 9.84. The summed E-state index contributed by atoms with van der Waals surface area (Å²) < 4.78 is 0. The maximum absolute atomic E-state index is 11.2. The van der Waals surface area contributed by atoms with Gasteiger partial charge in [0.25, 0.3) is 5.69 Å². The van der Waals surface area contributed by atoms with Gasteiger partial charge in [-0.05, 0) is 18.6 Å². The first-order valence-electron chi connectivity index (χ1n) is 6.95. The van der Waals surface area contributed by atoms with Gasteiger partial charge in [0, 0.05) is 17.5 Å². The molecule has 0 radical (unpaired) electrons. The number of benzene rings is 2. The molecular weight excluding hydrogens is 264 g/mol. The van der Waals surface area contributed by atoms with Gasteiger partial charge in [-0.25, -0.2) is 0 Å². The van der Waals surface area contributed by atoms with Crippen molar-refractivity contribution in [3.63, 3.8) is 0 Å². The van der Waals surface area contributed by atoms with Crippen LogP contribution in [-0.4, -0.2) is 11.5 Å². The second kappa shape index (κ2) is 5.95. The van der Waals surface area contributed by atoms with E-state index in [-0.39, 0.29) is 16.0 Å². The van der Waals surface area contributed by atoms with Crippen molar-refractivity contribution in [1.29, 1.82) is 0 Å². The minimum absolute atomic E-state index is 0.112. The standard InChI is InChI=1S/C17H20N2O2/c1-13-8-7-11-15(16(13)19(20)21)18-12-17(2,3)14-9-5-4-6-10-14/h4-11,18H,12H2,1-3H3. The van der Waals surface area contributed by atoms with Crippen LogP contribution in [0.4, 0.5) is 11.4 Å². The summed E-state index contributed by atoms with van der Waals surface area (Å²) in [6, 6.07) is 15.5. The zero-order chi connectivity index (χ0) is 15.5. The van der Waals surface area contributed by atoms with Gasteiger partial charge in [-0.3, -0.25) is 10.1 Å². The molecule has 0 aliphatic carbocycles. The van der Waals surface area contributed by atoms with Crippen LogP contribution in [0.2, 0.25) is 0 Å². The average molecular weight is 284 g/mol. The highest BCUT2D eigenvalue weighted by atomic mass is 16.6. The van der Waals surface area contributed by atoms with E-state index in [1.165, 1.54) is 5.56 Å². The van der Waals surface area contributed by atoms with Gasteiger partial charge in [-0.15, -0.1) is 0 Å². The van der Waals surface area contributed by atoms with Crippen molar-refractivity contribution >= 4 is 11.4 Å². The van der Waals surface area contributed by atoms with Gasteiger partial charge in [0.2, 0.25) is 0 Å². The van der Waals surface area contributed by atoms with E-state index in [1.54, 1.807) is 19.1 Å². The highest BCUT2D eigenvalue weighted by molar-refractivity contribution is 5.65. The largest absolute Gasteiger partial charge is 0.379 e. The van der Waals surface area contributed by atoms with Crippen LogP contribution in [0.5, 0.6) is 0 Å². The number of rotatable bonds is 5. The van der Waals surface area contributed by atoms with Gasteiger partial charge in [-0.1, -0.05) is 56.3 Å². The Morgan fingerprint density at radius 2 is 1.76 bits per heavy atom. The smallest absolute Gasteiger partial charge is 0.295 e. The molecule has 0 saturated carbocycles. The monoisotopic (exact) mass is 284 g/mol. The number of nitro groups is 1. The fourth-order valence-electron chi connectivity index (χ4n) is 2.35. The normalized spacial score (nSPS) is 11.2. The van der Waals surface area contributed by atoms with Gasteiger partial charge in [0.1, 0.15) is 5.69 Å². The quantitative estimate of drug-likeness (QED) is 0.658. The summed E-state index contributed by atoms with van der Waals surface area (Å²) in [5.41, 5.74) is 2.49. The molecule has 0 aromatic heterocycles. The molecule has 0 fully saturated rings. The average Bonchev–Trinajstić information content (AvgIpc) is 2.46. The third-order valence-electron chi connectivity index (χ3n) is 3.70. The van der Waals surface area contributed by atoms with Crippen LogP contribution in [-0.2, 0) is 5.41 Å². The molecule has 21 heavy (non-hydrogen) atoms. The van der Waals surface area contributed by atoms with E-state index in [0.717, 1.165) is 0 Å². The third kappa shape index (κ3) is 3.40. The lowest BCUT2D eigenvalue weighted by Gasteiger charge is -2.26. The van der Waals surface area contributed by atoms with Crippen LogP contribution in [0.25, 0.3) is 0 Å². The summed E-state index contributed by atoms with van der Waals surface area (Å²) in [5, 5.41) is 14.4. The Labute approximate surface area is 125 Å². The lowest BCUT2D eigenvalue weighted by molar-refractivity contribution is -0.384. The molecule has 0 heterocycles. The fraction of sp³-hybridized carbons (Fsp3) is 0.294. The molecular formula is C17H20N2O2. The molecule has 0 unspecified atom stereocenters. The molecule has 0 aliphatic rings. The number of anilines is 1. The second-order valence-electron chi connectivity index (χ2n) is 5.83. The summed E-state index contributed by atoms with van der Waals surface area (Å²) in [4.78, 5) is 10.9. The summed E-state index contributed by atoms with van der Waals surface area (Å²) in [6.07, 6.45) is 0. The number of hydrogen-bond acceptors (Lipinski definition) is 3. The maximum atomic E-state index is 11.2. The van der Waals surface area contributed by atoms with Gasteiger partial charge in [0.15, 0.2) is 0 Å². The number of hydrogen-bond donors (Lipinski definition) is 1. The van der Waals surface area contributed by atoms with Crippen molar-refractivity contribution in [3.8, 4) is 0 Å². The summed E-state index contributed by atoms with van der Waals surface area (Å²) in [5.74, 6) is 0. The van der Waals surface area contributed by atoms with Crippen molar-refractivity contribution in [1.82, 2.24) is 0 Å². The molecule has 4 nitrogen and oxygen atoms in total. The molecule has 0 amide bonds. The van der Waals surface area contributed by atoms with Crippen LogP contribution >= 0.6 is 0 Å². The molecule has 0 bridgehead atoms. The second-order valence-corrected chi connectivity index (χ2v) is 5.83. The number of nitrogens with one attached hydrogen (secondary N) is 1. The maximum Gasteiger partial charge on any atom is 0.295 e. The first-order valence-corrected chi connectivity index (χ1v) is 6.95. The van der Waals surface area contributed by atoms with Crippen molar-refractivity contribution in [2.75, 3.05) is 11.9 Å². The number of aryl methyl sites for hydroxylation is 1. The Balaban J connectivity index is 2.21. The molecule has 0 aliphatic heterocycles. The van der Waals surface area contributed by atoms with Crippen LogP contribution in [0.3, 0.4) is 0 Å².